The summed E-state index contributed by atoms with van der Waals surface area (Å²) in [6.45, 7) is 2.88. The molecule has 1 aromatic carbocycles. The van der Waals surface area contributed by atoms with Crippen LogP contribution in [0.25, 0.3) is 0 Å². The zero-order valence-corrected chi connectivity index (χ0v) is 12.4. The van der Waals surface area contributed by atoms with E-state index >= 15 is 0 Å². The molecule has 2 aromatic rings. The molecule has 0 atom stereocenters. The quantitative estimate of drug-likeness (QED) is 0.843. The molecule has 0 aliphatic heterocycles. The summed E-state index contributed by atoms with van der Waals surface area (Å²) in [4.78, 5) is 3.83. The molecule has 0 saturated carbocycles. The molecule has 0 spiro atoms. The smallest absolute Gasteiger partial charge is 0.241 e. The van der Waals surface area contributed by atoms with Crippen molar-refractivity contribution in [3.63, 3.8) is 0 Å². The minimum absolute atomic E-state index is 0.0573. The highest BCUT2D eigenvalue weighted by molar-refractivity contribution is 7.89. The van der Waals surface area contributed by atoms with Crippen LogP contribution in [0.5, 0.6) is 0 Å². The molecule has 0 radical (unpaired) electrons. The van der Waals surface area contributed by atoms with Gasteiger partial charge in [0.05, 0.1) is 11.4 Å². The van der Waals surface area contributed by atoms with Gasteiger partial charge in [-0.2, -0.15) is 4.98 Å². The topological polar surface area (TPSA) is 111 Å². The summed E-state index contributed by atoms with van der Waals surface area (Å²) in [5.41, 5.74) is 5.77. The molecule has 0 aliphatic rings. The highest BCUT2D eigenvalue weighted by Gasteiger charge is 2.18. The predicted octanol–water partition coefficient (Wildman–Crippen LogP) is 0.763. The minimum atomic E-state index is -3.82. The lowest BCUT2D eigenvalue weighted by atomic mass is 10.1. The largest absolute Gasteiger partial charge is 0.338 e. The Labute approximate surface area is 121 Å². The maximum Gasteiger partial charge on any atom is 0.241 e. The lowest BCUT2D eigenvalue weighted by Crippen LogP contribution is -2.24. The highest BCUT2D eigenvalue weighted by Crippen LogP contribution is 2.19. The van der Waals surface area contributed by atoms with Gasteiger partial charge in [-0.25, -0.2) is 17.5 Å². The molecular formula is C12H15FN4O3S. The van der Waals surface area contributed by atoms with Crippen LogP contribution in [0.15, 0.2) is 21.6 Å². The molecule has 0 amide bonds. The van der Waals surface area contributed by atoms with E-state index in [1.165, 1.54) is 19.1 Å². The summed E-state index contributed by atoms with van der Waals surface area (Å²) in [6, 6.07) is 2.46. The van der Waals surface area contributed by atoms with Gasteiger partial charge in [0.15, 0.2) is 5.82 Å². The Hall–Kier alpha value is -1.84. The van der Waals surface area contributed by atoms with Crippen LogP contribution in [-0.2, 0) is 23.1 Å². The number of nitrogens with one attached hydrogen (secondary N) is 1. The van der Waals surface area contributed by atoms with Crippen LogP contribution in [0.4, 0.5) is 4.39 Å². The van der Waals surface area contributed by atoms with Crippen molar-refractivity contribution in [1.29, 1.82) is 0 Å². The molecule has 9 heteroatoms. The van der Waals surface area contributed by atoms with Gasteiger partial charge in [-0.1, -0.05) is 5.16 Å². The Bertz CT molecular complexity index is 758. The molecule has 7 nitrogen and oxygen atoms in total. The van der Waals surface area contributed by atoms with Gasteiger partial charge >= 0.3 is 0 Å². The first-order valence-electron chi connectivity index (χ1n) is 6.11. The molecule has 21 heavy (non-hydrogen) atoms. The monoisotopic (exact) mass is 314 g/mol. The first-order chi connectivity index (χ1) is 9.83. The first-order valence-corrected chi connectivity index (χ1v) is 7.59. The third kappa shape index (κ3) is 3.43. The van der Waals surface area contributed by atoms with Gasteiger partial charge in [0.2, 0.25) is 15.9 Å². The van der Waals surface area contributed by atoms with E-state index in [0.29, 0.717) is 5.82 Å². The number of aromatic nitrogens is 2. The average Bonchev–Trinajstić information content (AvgIpc) is 2.85. The number of hydrogen-bond acceptors (Lipinski definition) is 6. The van der Waals surface area contributed by atoms with Gasteiger partial charge < -0.3 is 10.3 Å². The van der Waals surface area contributed by atoms with Crippen molar-refractivity contribution < 1.29 is 17.3 Å². The maximum atomic E-state index is 13.7. The van der Waals surface area contributed by atoms with Gasteiger partial charge in [-0.3, -0.25) is 0 Å². The Balaban J connectivity index is 2.25. The van der Waals surface area contributed by atoms with Gasteiger partial charge in [-0.15, -0.1) is 0 Å². The lowest BCUT2D eigenvalue weighted by molar-refractivity contribution is 0.372. The Kier molecular flexibility index (Phi) is 4.35. The predicted molar refractivity (Wildman–Crippen MR) is 72.1 cm³/mol. The van der Waals surface area contributed by atoms with Crippen LogP contribution in [0.1, 0.15) is 22.8 Å². The summed E-state index contributed by atoms with van der Waals surface area (Å²) in [5.74, 6) is 0.0603. The van der Waals surface area contributed by atoms with E-state index in [-0.39, 0.29) is 35.0 Å². The number of sulfonamides is 1. The summed E-state index contributed by atoms with van der Waals surface area (Å²) < 4.78 is 45.2. The molecular weight excluding hydrogens is 299 g/mol. The highest BCUT2D eigenvalue weighted by atomic mass is 32.2. The standard InChI is InChI=1S/C12H15FN4O3S/c1-7-3-10(4-9(5-14)12(7)13)21(18,19)15-6-11-16-8(2)17-20-11/h3-4,15H,5-6,14H2,1-2H3. The van der Waals surface area contributed by atoms with E-state index in [4.69, 9.17) is 10.3 Å². The Morgan fingerprint density at radius 1 is 1.38 bits per heavy atom. The Morgan fingerprint density at radius 2 is 2.10 bits per heavy atom. The second-order valence-electron chi connectivity index (χ2n) is 4.48. The molecule has 0 unspecified atom stereocenters. The molecule has 0 saturated heterocycles. The van der Waals surface area contributed by atoms with Crippen LogP contribution in [0, 0.1) is 19.7 Å². The van der Waals surface area contributed by atoms with Crippen LogP contribution in [-0.4, -0.2) is 18.6 Å². The summed E-state index contributed by atoms with van der Waals surface area (Å²) >= 11 is 0. The zero-order chi connectivity index (χ0) is 15.6. The third-order valence-corrected chi connectivity index (χ3v) is 4.20. The minimum Gasteiger partial charge on any atom is -0.338 e. The summed E-state index contributed by atoms with van der Waals surface area (Å²) in [7, 11) is -3.82. The molecule has 2 rings (SSSR count). The lowest BCUT2D eigenvalue weighted by Gasteiger charge is -2.09. The van der Waals surface area contributed by atoms with Crippen molar-refractivity contribution in [3.8, 4) is 0 Å². The van der Waals surface area contributed by atoms with E-state index in [1.807, 2.05) is 0 Å². The fraction of sp³-hybridized carbons (Fsp3) is 0.333. The molecule has 0 bridgehead atoms. The summed E-state index contributed by atoms with van der Waals surface area (Å²) in [5, 5.41) is 3.56. The number of nitrogens with zero attached hydrogens (tertiary/aromatic N) is 2. The molecule has 3 N–H and O–H groups in total. The van der Waals surface area contributed by atoms with Crippen LogP contribution in [0.2, 0.25) is 0 Å². The molecule has 114 valence electrons. The first kappa shape index (κ1) is 15.5. The average molecular weight is 314 g/mol. The SMILES string of the molecule is Cc1noc(CNS(=O)(=O)c2cc(C)c(F)c(CN)c2)n1. The van der Waals surface area contributed by atoms with Crippen LogP contribution >= 0.6 is 0 Å². The van der Waals surface area contributed by atoms with Crippen molar-refractivity contribution >= 4 is 10.0 Å². The van der Waals surface area contributed by atoms with Gasteiger partial charge in [0.25, 0.3) is 0 Å². The van der Waals surface area contributed by atoms with Crippen molar-refractivity contribution in [2.24, 2.45) is 5.73 Å². The zero-order valence-electron chi connectivity index (χ0n) is 11.6. The second kappa shape index (κ2) is 5.88. The fourth-order valence-corrected chi connectivity index (χ4v) is 2.87. The van der Waals surface area contributed by atoms with Crippen molar-refractivity contribution in [2.75, 3.05) is 0 Å². The van der Waals surface area contributed by atoms with Crippen molar-refractivity contribution in [2.45, 2.75) is 31.8 Å². The molecule has 1 aromatic heterocycles. The normalized spacial score (nSPS) is 11.8. The number of benzene rings is 1. The molecule has 0 aliphatic carbocycles. The van der Waals surface area contributed by atoms with Gasteiger partial charge in [-0.05, 0) is 31.5 Å². The number of nitrogens with two attached hydrogens (primary N) is 1. The molecule has 1 heterocycles. The number of halogens is 1. The number of hydrogen-bond donors (Lipinski definition) is 2. The van der Waals surface area contributed by atoms with Gasteiger partial charge in [0, 0.05) is 12.1 Å². The number of aryl methyl sites for hydroxylation is 2. The number of rotatable bonds is 5. The summed E-state index contributed by atoms with van der Waals surface area (Å²) in [6.07, 6.45) is 0. The van der Waals surface area contributed by atoms with Crippen molar-refractivity contribution in [3.05, 3.63) is 40.8 Å². The van der Waals surface area contributed by atoms with E-state index in [9.17, 15) is 12.8 Å². The molecule has 0 fully saturated rings. The van der Waals surface area contributed by atoms with Gasteiger partial charge in [0.1, 0.15) is 5.82 Å². The fourth-order valence-electron chi connectivity index (χ4n) is 1.76. The van der Waals surface area contributed by atoms with Crippen LogP contribution < -0.4 is 10.5 Å². The van der Waals surface area contributed by atoms with Crippen molar-refractivity contribution in [1.82, 2.24) is 14.9 Å². The van der Waals surface area contributed by atoms with E-state index in [1.54, 1.807) is 6.92 Å². The van der Waals surface area contributed by atoms with E-state index < -0.39 is 15.8 Å². The maximum absolute atomic E-state index is 13.7. The van der Waals surface area contributed by atoms with E-state index in [2.05, 4.69) is 14.9 Å². The van der Waals surface area contributed by atoms with Crippen LogP contribution in [0.3, 0.4) is 0 Å². The second-order valence-corrected chi connectivity index (χ2v) is 6.24. The Morgan fingerprint density at radius 3 is 2.67 bits per heavy atom. The third-order valence-electron chi connectivity index (χ3n) is 2.82. The van der Waals surface area contributed by atoms with E-state index in [0.717, 1.165) is 0 Å².